The second-order valence-corrected chi connectivity index (χ2v) is 7.09. The molecule has 0 saturated heterocycles. The minimum absolute atomic E-state index is 0.0133. The predicted molar refractivity (Wildman–Crippen MR) is 102 cm³/mol. The quantitative estimate of drug-likeness (QED) is 0.396. The van der Waals surface area contributed by atoms with Crippen LogP contribution in [0, 0.1) is 16.0 Å². The Morgan fingerprint density at radius 2 is 1.88 bits per heavy atom. The van der Waals surface area contributed by atoms with Crippen LogP contribution < -0.4 is 4.90 Å². The van der Waals surface area contributed by atoms with Crippen molar-refractivity contribution in [2.24, 2.45) is 5.92 Å². The molecule has 0 saturated carbocycles. The number of amides is 1. The lowest BCUT2D eigenvalue weighted by Gasteiger charge is -2.21. The summed E-state index contributed by atoms with van der Waals surface area (Å²) in [6.07, 6.45) is 0. The van der Waals surface area contributed by atoms with Crippen molar-refractivity contribution in [3.8, 4) is 0 Å². The van der Waals surface area contributed by atoms with Gasteiger partial charge < -0.3 is 4.90 Å². The van der Waals surface area contributed by atoms with E-state index in [9.17, 15) is 14.9 Å². The number of anilines is 1. The Bertz CT molecular complexity index is 748. The van der Waals surface area contributed by atoms with Gasteiger partial charge in [-0.05, 0) is 37.1 Å². The van der Waals surface area contributed by atoms with Gasteiger partial charge >= 0.3 is 0 Å². The molecule has 0 N–H and O–H groups in total. The lowest BCUT2D eigenvalue weighted by atomic mass is 10.1. The Kier molecular flexibility index (Phi) is 6.58. The van der Waals surface area contributed by atoms with Crippen molar-refractivity contribution in [2.45, 2.75) is 25.7 Å². The van der Waals surface area contributed by atoms with Gasteiger partial charge in [0.1, 0.15) is 0 Å². The van der Waals surface area contributed by atoms with Crippen molar-refractivity contribution in [3.05, 3.63) is 64.2 Å². The molecule has 0 heterocycles. The van der Waals surface area contributed by atoms with E-state index in [-0.39, 0.29) is 11.6 Å². The average molecular weight is 358 g/mol. The summed E-state index contributed by atoms with van der Waals surface area (Å²) in [6, 6.07) is 14.0. The Morgan fingerprint density at radius 3 is 2.44 bits per heavy atom. The Balaban J connectivity index is 2.33. The Hall–Kier alpha value is -2.34. The number of nitro groups is 1. The van der Waals surface area contributed by atoms with Crippen LogP contribution in [-0.2, 0) is 0 Å². The van der Waals surface area contributed by atoms with E-state index in [0.29, 0.717) is 22.9 Å². The van der Waals surface area contributed by atoms with Crippen molar-refractivity contribution >= 4 is 29.0 Å². The number of nitrogens with zero attached hydrogens (tertiary/aromatic N) is 2. The molecular weight excluding hydrogens is 336 g/mol. The molecule has 0 aliphatic rings. The van der Waals surface area contributed by atoms with Crippen LogP contribution >= 0.6 is 11.8 Å². The molecule has 0 fully saturated rings. The fourth-order valence-electron chi connectivity index (χ4n) is 2.38. The number of hydrogen-bond donors (Lipinski definition) is 0. The molecule has 0 aliphatic carbocycles. The first-order valence-corrected chi connectivity index (χ1v) is 9.20. The van der Waals surface area contributed by atoms with E-state index in [1.54, 1.807) is 17.0 Å². The first-order valence-electron chi connectivity index (χ1n) is 8.22. The van der Waals surface area contributed by atoms with Crippen LogP contribution in [0.2, 0.25) is 0 Å². The summed E-state index contributed by atoms with van der Waals surface area (Å²) < 4.78 is 0. The number of para-hydroxylation sites is 1. The largest absolute Gasteiger partial charge is 0.309 e. The number of rotatable bonds is 7. The molecule has 0 spiro atoms. The van der Waals surface area contributed by atoms with Crippen molar-refractivity contribution < 1.29 is 9.72 Å². The van der Waals surface area contributed by atoms with Gasteiger partial charge in [0.2, 0.25) is 0 Å². The molecule has 6 heteroatoms. The van der Waals surface area contributed by atoms with Gasteiger partial charge in [0.05, 0.1) is 9.82 Å². The molecule has 0 unspecified atom stereocenters. The van der Waals surface area contributed by atoms with E-state index in [2.05, 4.69) is 13.8 Å². The molecule has 2 rings (SSSR count). The maximum absolute atomic E-state index is 12.8. The molecular formula is C19H22N2O3S. The van der Waals surface area contributed by atoms with Gasteiger partial charge in [-0.1, -0.05) is 32.0 Å². The fourth-order valence-corrected chi connectivity index (χ4v) is 3.34. The van der Waals surface area contributed by atoms with Crippen molar-refractivity contribution in [1.29, 1.82) is 0 Å². The van der Waals surface area contributed by atoms with Gasteiger partial charge in [-0.3, -0.25) is 14.9 Å². The highest BCUT2D eigenvalue weighted by atomic mass is 32.2. The summed E-state index contributed by atoms with van der Waals surface area (Å²) in [5, 5.41) is 11.4. The molecule has 0 aliphatic heterocycles. The van der Waals surface area contributed by atoms with Crippen LogP contribution in [-0.4, -0.2) is 23.1 Å². The third-order valence-corrected chi connectivity index (χ3v) is 5.09. The molecule has 0 bridgehead atoms. The normalized spacial score (nSPS) is 10.7. The second-order valence-electron chi connectivity index (χ2n) is 6.03. The molecule has 132 valence electrons. The van der Waals surface area contributed by atoms with E-state index in [0.717, 1.165) is 11.4 Å². The zero-order chi connectivity index (χ0) is 18.4. The standard InChI is InChI=1S/C19H22N2O3S/c1-4-20(16-8-6-5-7-9-16)19(22)15-10-11-18(25-13-14(2)3)17(12-15)21(23)24/h5-12,14H,4,13H2,1-3H3. The molecule has 1 amide bonds. The van der Waals surface area contributed by atoms with Crippen LogP contribution in [0.5, 0.6) is 0 Å². The predicted octanol–water partition coefficient (Wildman–Crippen LogP) is 5.01. The number of thioether (sulfide) groups is 1. The summed E-state index contributed by atoms with van der Waals surface area (Å²) in [5.41, 5.74) is 1.09. The van der Waals surface area contributed by atoms with Gasteiger partial charge in [0, 0.05) is 29.6 Å². The molecule has 2 aromatic carbocycles. The number of carbonyl (C=O) groups is 1. The van der Waals surface area contributed by atoms with Crippen LogP contribution in [0.4, 0.5) is 11.4 Å². The molecule has 0 radical (unpaired) electrons. The van der Waals surface area contributed by atoms with E-state index in [1.165, 1.54) is 17.8 Å². The van der Waals surface area contributed by atoms with Gasteiger partial charge in [-0.25, -0.2) is 0 Å². The van der Waals surface area contributed by atoms with Crippen LogP contribution in [0.1, 0.15) is 31.1 Å². The average Bonchev–Trinajstić information content (AvgIpc) is 2.61. The third-order valence-electron chi connectivity index (χ3n) is 3.60. The Morgan fingerprint density at radius 1 is 1.20 bits per heavy atom. The number of nitro benzene ring substituents is 1. The van der Waals surface area contributed by atoms with Crippen LogP contribution in [0.15, 0.2) is 53.4 Å². The zero-order valence-corrected chi connectivity index (χ0v) is 15.5. The maximum atomic E-state index is 12.8. The number of benzene rings is 2. The lowest BCUT2D eigenvalue weighted by Crippen LogP contribution is -2.30. The molecule has 0 aromatic heterocycles. The first kappa shape index (κ1) is 19.0. The SMILES string of the molecule is CCN(C(=O)c1ccc(SCC(C)C)c([N+](=O)[O-])c1)c1ccccc1. The van der Waals surface area contributed by atoms with E-state index in [1.807, 2.05) is 37.3 Å². The van der Waals surface area contributed by atoms with Gasteiger partial charge in [0.15, 0.2) is 0 Å². The minimum Gasteiger partial charge on any atom is -0.309 e. The van der Waals surface area contributed by atoms with Gasteiger partial charge in [-0.2, -0.15) is 0 Å². The maximum Gasteiger partial charge on any atom is 0.283 e. The van der Waals surface area contributed by atoms with Crippen molar-refractivity contribution in [1.82, 2.24) is 0 Å². The highest BCUT2D eigenvalue weighted by Gasteiger charge is 2.21. The van der Waals surface area contributed by atoms with E-state index < -0.39 is 4.92 Å². The summed E-state index contributed by atoms with van der Waals surface area (Å²) in [6.45, 7) is 6.50. The smallest absolute Gasteiger partial charge is 0.283 e. The van der Waals surface area contributed by atoms with E-state index in [4.69, 9.17) is 0 Å². The molecule has 0 atom stereocenters. The van der Waals surface area contributed by atoms with Gasteiger partial charge in [0.25, 0.3) is 11.6 Å². The minimum atomic E-state index is -0.418. The van der Waals surface area contributed by atoms with Crippen molar-refractivity contribution in [2.75, 3.05) is 17.2 Å². The number of hydrogen-bond acceptors (Lipinski definition) is 4. The summed E-state index contributed by atoms with van der Waals surface area (Å²) in [5.74, 6) is 0.982. The molecule has 2 aromatic rings. The number of carbonyl (C=O) groups excluding carboxylic acids is 1. The molecule has 5 nitrogen and oxygen atoms in total. The summed E-state index contributed by atoms with van der Waals surface area (Å²) >= 11 is 1.45. The second kappa shape index (κ2) is 8.67. The van der Waals surface area contributed by atoms with Gasteiger partial charge in [-0.15, -0.1) is 11.8 Å². The Labute approximate surface area is 152 Å². The van der Waals surface area contributed by atoms with E-state index >= 15 is 0 Å². The van der Waals surface area contributed by atoms with Crippen LogP contribution in [0.3, 0.4) is 0 Å². The zero-order valence-electron chi connectivity index (χ0n) is 14.6. The highest BCUT2D eigenvalue weighted by molar-refractivity contribution is 7.99. The van der Waals surface area contributed by atoms with Crippen LogP contribution in [0.25, 0.3) is 0 Å². The summed E-state index contributed by atoms with van der Waals surface area (Å²) in [7, 11) is 0. The lowest BCUT2D eigenvalue weighted by molar-refractivity contribution is -0.387. The monoisotopic (exact) mass is 358 g/mol. The first-order chi connectivity index (χ1) is 11.9. The van der Waals surface area contributed by atoms with Crippen molar-refractivity contribution in [3.63, 3.8) is 0 Å². The third kappa shape index (κ3) is 4.82. The fraction of sp³-hybridized carbons (Fsp3) is 0.316. The highest BCUT2D eigenvalue weighted by Crippen LogP contribution is 2.32. The summed E-state index contributed by atoms with van der Waals surface area (Å²) in [4.78, 5) is 26.0. The topological polar surface area (TPSA) is 63.5 Å². The molecule has 25 heavy (non-hydrogen) atoms.